The second-order valence-electron chi connectivity index (χ2n) is 9.37. The molecular weight excluding hydrogens is 366 g/mol. The highest BCUT2D eigenvalue weighted by atomic mass is 16.3. The number of pyridine rings is 1. The molecule has 5 aromatic rings. The minimum atomic E-state index is -2.22. The van der Waals surface area contributed by atoms with Gasteiger partial charge in [0.1, 0.15) is 11.2 Å². The van der Waals surface area contributed by atoms with E-state index in [4.69, 9.17) is 13.5 Å². The number of aromatic nitrogens is 1. The molecule has 30 heavy (non-hydrogen) atoms. The van der Waals surface area contributed by atoms with Crippen molar-refractivity contribution in [2.45, 2.75) is 41.0 Å². The summed E-state index contributed by atoms with van der Waals surface area (Å²) in [5.74, 6) is 0. The standard InChI is InChI=1S/C28H27NO/c1-17-14-24(29-16-20(17)15-28(3,4)5)22-11-8-12-23-25-18(2)13-19-9-6-7-10-21(19)27(25)30-26(22)23/h6-14,16H,15H2,1-5H3/i1D3. The zero-order valence-corrected chi connectivity index (χ0v) is 17.8. The van der Waals surface area contributed by atoms with E-state index in [0.29, 0.717) is 17.7 Å². The molecule has 5 rings (SSSR count). The van der Waals surface area contributed by atoms with E-state index in [9.17, 15) is 0 Å². The van der Waals surface area contributed by atoms with Crippen LogP contribution in [0, 0.1) is 19.2 Å². The van der Waals surface area contributed by atoms with Gasteiger partial charge in [0.2, 0.25) is 0 Å². The zero-order valence-electron chi connectivity index (χ0n) is 20.8. The third kappa shape index (κ3) is 3.08. The number of nitrogens with zero attached hydrogens (tertiary/aromatic N) is 1. The van der Waals surface area contributed by atoms with Crippen molar-refractivity contribution in [3.63, 3.8) is 0 Å². The van der Waals surface area contributed by atoms with Crippen LogP contribution >= 0.6 is 0 Å². The lowest BCUT2D eigenvalue weighted by Crippen LogP contribution is -2.10. The number of aryl methyl sites for hydroxylation is 2. The average Bonchev–Trinajstić information content (AvgIpc) is 3.13. The summed E-state index contributed by atoms with van der Waals surface area (Å²) in [5, 5.41) is 4.31. The van der Waals surface area contributed by atoms with E-state index < -0.39 is 6.85 Å². The number of hydrogen-bond acceptors (Lipinski definition) is 2. The van der Waals surface area contributed by atoms with Crippen LogP contribution in [0.4, 0.5) is 0 Å². The summed E-state index contributed by atoms with van der Waals surface area (Å²) in [7, 11) is 0. The Morgan fingerprint density at radius 2 is 1.73 bits per heavy atom. The first kappa shape index (κ1) is 15.7. The summed E-state index contributed by atoms with van der Waals surface area (Å²) in [4.78, 5) is 4.70. The van der Waals surface area contributed by atoms with E-state index in [2.05, 4.69) is 52.0 Å². The van der Waals surface area contributed by atoms with Gasteiger partial charge in [-0.2, -0.15) is 0 Å². The Balaban J connectivity index is 1.78. The van der Waals surface area contributed by atoms with Gasteiger partial charge in [0.25, 0.3) is 0 Å². The van der Waals surface area contributed by atoms with Gasteiger partial charge < -0.3 is 4.42 Å². The van der Waals surface area contributed by atoms with Crippen molar-refractivity contribution < 1.29 is 8.53 Å². The molecule has 0 radical (unpaired) electrons. The first-order chi connectivity index (χ1) is 15.5. The molecule has 2 aromatic heterocycles. The summed E-state index contributed by atoms with van der Waals surface area (Å²) in [6.07, 6.45) is 2.37. The largest absolute Gasteiger partial charge is 0.455 e. The number of fused-ring (bicyclic) bond motifs is 5. The van der Waals surface area contributed by atoms with Crippen LogP contribution in [0.25, 0.3) is 44.0 Å². The Kier molecular flexibility index (Phi) is 3.50. The molecule has 2 heteroatoms. The Morgan fingerprint density at radius 3 is 2.53 bits per heavy atom. The first-order valence-electron chi connectivity index (χ1n) is 11.9. The Morgan fingerprint density at radius 1 is 0.933 bits per heavy atom. The third-order valence-corrected chi connectivity index (χ3v) is 5.67. The Labute approximate surface area is 181 Å². The quantitative estimate of drug-likeness (QED) is 0.302. The molecule has 0 N–H and O–H groups in total. The van der Waals surface area contributed by atoms with Gasteiger partial charge in [-0.15, -0.1) is 0 Å². The first-order valence-corrected chi connectivity index (χ1v) is 10.4. The van der Waals surface area contributed by atoms with Crippen LogP contribution in [0.1, 0.15) is 41.6 Å². The number of furan rings is 1. The zero-order chi connectivity index (χ0) is 23.5. The van der Waals surface area contributed by atoms with E-state index >= 15 is 0 Å². The van der Waals surface area contributed by atoms with Crippen molar-refractivity contribution in [2.75, 3.05) is 0 Å². The van der Waals surface area contributed by atoms with Crippen molar-refractivity contribution >= 4 is 32.7 Å². The lowest BCUT2D eigenvalue weighted by atomic mass is 9.87. The maximum Gasteiger partial charge on any atom is 0.144 e. The van der Waals surface area contributed by atoms with Gasteiger partial charge in [0.05, 0.1) is 5.69 Å². The molecule has 0 fully saturated rings. The molecule has 2 heterocycles. The van der Waals surface area contributed by atoms with Crippen LogP contribution in [0.5, 0.6) is 0 Å². The molecule has 0 bridgehead atoms. The summed E-state index contributed by atoms with van der Waals surface area (Å²) >= 11 is 0. The number of benzene rings is 3. The van der Waals surface area contributed by atoms with Crippen molar-refractivity contribution in [2.24, 2.45) is 5.41 Å². The molecule has 0 atom stereocenters. The molecular formula is C28H27NO. The maximum absolute atomic E-state index is 8.13. The fraction of sp³-hybridized carbons (Fsp3) is 0.250. The normalized spacial score (nSPS) is 14.2. The molecule has 150 valence electrons. The fourth-order valence-corrected chi connectivity index (χ4v) is 4.38. The van der Waals surface area contributed by atoms with E-state index in [1.807, 2.05) is 24.3 Å². The summed E-state index contributed by atoms with van der Waals surface area (Å²) in [6, 6.07) is 18.1. The molecule has 0 aliphatic rings. The van der Waals surface area contributed by atoms with Gasteiger partial charge in [-0.25, -0.2) is 0 Å². The predicted molar refractivity (Wildman–Crippen MR) is 127 cm³/mol. The van der Waals surface area contributed by atoms with Crippen molar-refractivity contribution in [3.8, 4) is 11.3 Å². The molecule has 0 amide bonds. The molecule has 0 aliphatic heterocycles. The van der Waals surface area contributed by atoms with E-state index in [1.165, 1.54) is 0 Å². The summed E-state index contributed by atoms with van der Waals surface area (Å²) < 4.78 is 30.9. The van der Waals surface area contributed by atoms with Crippen LogP contribution in [0.3, 0.4) is 0 Å². The Hall–Kier alpha value is -3.13. The maximum atomic E-state index is 8.13. The number of rotatable bonds is 2. The fourth-order valence-electron chi connectivity index (χ4n) is 4.38. The molecule has 3 aromatic carbocycles. The van der Waals surface area contributed by atoms with Gasteiger partial charge in [0, 0.05) is 32.0 Å². The highest BCUT2D eigenvalue weighted by molar-refractivity contribution is 6.18. The smallest absolute Gasteiger partial charge is 0.144 e. The second-order valence-corrected chi connectivity index (χ2v) is 9.37. The van der Waals surface area contributed by atoms with Crippen molar-refractivity contribution in [1.29, 1.82) is 0 Å². The highest BCUT2D eigenvalue weighted by Gasteiger charge is 2.18. The lowest BCUT2D eigenvalue weighted by molar-refractivity contribution is 0.410. The average molecular weight is 397 g/mol. The molecule has 0 aliphatic carbocycles. The van der Waals surface area contributed by atoms with Gasteiger partial charge in [-0.3, -0.25) is 4.98 Å². The Bertz CT molecular complexity index is 1520. The summed E-state index contributed by atoms with van der Waals surface area (Å²) in [5.41, 5.74) is 5.25. The van der Waals surface area contributed by atoms with Gasteiger partial charge in [-0.05, 0) is 59.8 Å². The summed E-state index contributed by atoms with van der Waals surface area (Å²) in [6.45, 7) is 6.19. The SMILES string of the molecule is [2H]C([2H])([2H])c1cc(-c2cccc3c2oc2c4ccccc4cc(C)c32)ncc1CC(C)(C)C. The molecule has 0 saturated carbocycles. The van der Waals surface area contributed by atoms with E-state index in [-0.39, 0.29) is 5.41 Å². The van der Waals surface area contributed by atoms with Crippen LogP contribution in [-0.2, 0) is 6.42 Å². The minimum Gasteiger partial charge on any atom is -0.455 e. The lowest BCUT2D eigenvalue weighted by Gasteiger charge is -2.19. The van der Waals surface area contributed by atoms with Crippen LogP contribution in [0.2, 0.25) is 0 Å². The molecule has 2 nitrogen and oxygen atoms in total. The number of para-hydroxylation sites is 1. The van der Waals surface area contributed by atoms with Crippen molar-refractivity contribution in [1.82, 2.24) is 4.98 Å². The van der Waals surface area contributed by atoms with Gasteiger partial charge in [0.15, 0.2) is 0 Å². The van der Waals surface area contributed by atoms with E-state index in [1.54, 1.807) is 12.3 Å². The monoisotopic (exact) mass is 396 g/mol. The topological polar surface area (TPSA) is 26.0 Å². The highest BCUT2D eigenvalue weighted by Crippen LogP contribution is 2.40. The van der Waals surface area contributed by atoms with Crippen LogP contribution in [-0.4, -0.2) is 4.98 Å². The molecule has 0 saturated heterocycles. The van der Waals surface area contributed by atoms with Crippen molar-refractivity contribution in [3.05, 3.63) is 77.5 Å². The van der Waals surface area contributed by atoms with Crippen LogP contribution in [0.15, 0.2) is 65.2 Å². The molecule has 0 unspecified atom stereocenters. The van der Waals surface area contributed by atoms with Crippen LogP contribution < -0.4 is 0 Å². The van der Waals surface area contributed by atoms with Gasteiger partial charge in [-0.1, -0.05) is 63.2 Å². The second kappa shape index (κ2) is 6.70. The number of hydrogen-bond donors (Lipinski definition) is 0. The third-order valence-electron chi connectivity index (χ3n) is 5.67. The van der Waals surface area contributed by atoms with Gasteiger partial charge >= 0.3 is 0 Å². The van der Waals surface area contributed by atoms with E-state index in [0.717, 1.165) is 49.4 Å². The molecule has 0 spiro atoms. The minimum absolute atomic E-state index is 0.0411. The predicted octanol–water partition coefficient (Wildman–Crippen LogP) is 8.01.